The summed E-state index contributed by atoms with van der Waals surface area (Å²) in [6, 6.07) is 15.3. The Bertz CT molecular complexity index is 960. The molecule has 1 saturated carbocycles. The summed E-state index contributed by atoms with van der Waals surface area (Å²) in [5, 5.41) is 2.72. The van der Waals surface area contributed by atoms with Crippen molar-refractivity contribution in [3.05, 3.63) is 77.1 Å². The van der Waals surface area contributed by atoms with Gasteiger partial charge in [0.25, 0.3) is 0 Å². The molecule has 2 aromatic carbocycles. The first-order valence-electron chi connectivity index (χ1n) is 9.84. The number of fused-ring (bicyclic) bond motifs is 1. The second-order valence-electron chi connectivity index (χ2n) is 7.26. The number of rotatable bonds is 7. The molecule has 3 aromatic rings. The predicted molar refractivity (Wildman–Crippen MR) is 108 cm³/mol. The van der Waals surface area contributed by atoms with Crippen molar-refractivity contribution in [3.8, 4) is 0 Å². The summed E-state index contributed by atoms with van der Waals surface area (Å²) in [6.07, 6.45) is 8.29. The van der Waals surface area contributed by atoms with Gasteiger partial charge < -0.3 is 4.74 Å². The van der Waals surface area contributed by atoms with Crippen LogP contribution >= 0.6 is 0 Å². The van der Waals surface area contributed by atoms with Crippen LogP contribution < -0.4 is 0 Å². The van der Waals surface area contributed by atoms with Crippen LogP contribution in [0.2, 0.25) is 0 Å². The fourth-order valence-corrected chi connectivity index (χ4v) is 3.82. The van der Waals surface area contributed by atoms with Crippen LogP contribution in [0.25, 0.3) is 10.8 Å². The molecule has 0 spiro atoms. The summed E-state index contributed by atoms with van der Waals surface area (Å²) in [7, 11) is 0. The molecule has 1 heterocycles. The van der Waals surface area contributed by atoms with E-state index in [1.54, 1.807) is 6.20 Å². The Morgan fingerprint density at radius 3 is 2.63 bits per heavy atom. The second-order valence-corrected chi connectivity index (χ2v) is 7.26. The largest absolute Gasteiger partial charge is 0.466 e. The van der Waals surface area contributed by atoms with E-state index in [0.29, 0.717) is 19.4 Å². The lowest BCUT2D eigenvalue weighted by atomic mass is 9.92. The lowest BCUT2D eigenvalue weighted by molar-refractivity contribution is -0.143. The first-order valence-corrected chi connectivity index (χ1v) is 9.84. The van der Waals surface area contributed by atoms with Gasteiger partial charge in [0, 0.05) is 18.8 Å². The molecule has 0 atom stereocenters. The van der Waals surface area contributed by atoms with E-state index in [9.17, 15) is 4.79 Å². The number of hydrogen-bond donors (Lipinski definition) is 0. The van der Waals surface area contributed by atoms with Crippen LogP contribution in [-0.2, 0) is 22.4 Å². The molecular formula is C24H25NO2. The Morgan fingerprint density at radius 2 is 1.85 bits per heavy atom. The number of carbonyl (C=O) groups excluding carboxylic acids is 1. The highest BCUT2D eigenvalue weighted by Crippen LogP contribution is 2.43. The average Bonchev–Trinajstić information content (AvgIpc) is 3.53. The topological polar surface area (TPSA) is 39.2 Å². The van der Waals surface area contributed by atoms with Gasteiger partial charge in [-0.05, 0) is 77.6 Å². The highest BCUT2D eigenvalue weighted by atomic mass is 16.5. The minimum absolute atomic E-state index is 0.139. The Kier molecular flexibility index (Phi) is 5.19. The smallest absolute Gasteiger partial charge is 0.306 e. The van der Waals surface area contributed by atoms with Crippen molar-refractivity contribution in [2.45, 2.75) is 44.9 Å². The van der Waals surface area contributed by atoms with Crippen LogP contribution in [0.1, 0.15) is 54.4 Å². The van der Waals surface area contributed by atoms with E-state index >= 15 is 0 Å². The van der Waals surface area contributed by atoms with Gasteiger partial charge in [-0.25, -0.2) is 0 Å². The predicted octanol–water partition coefficient (Wildman–Crippen LogP) is 5.20. The van der Waals surface area contributed by atoms with E-state index in [4.69, 9.17) is 4.74 Å². The first kappa shape index (κ1) is 17.7. The molecule has 3 nitrogen and oxygen atoms in total. The van der Waals surface area contributed by atoms with Crippen molar-refractivity contribution in [3.63, 3.8) is 0 Å². The van der Waals surface area contributed by atoms with Gasteiger partial charge in [0.1, 0.15) is 0 Å². The van der Waals surface area contributed by atoms with Crippen LogP contribution in [0, 0.1) is 0 Å². The maximum absolute atomic E-state index is 11.7. The molecule has 0 bridgehead atoms. The van der Waals surface area contributed by atoms with Crippen LogP contribution in [-0.4, -0.2) is 17.6 Å². The van der Waals surface area contributed by atoms with Gasteiger partial charge in [0.15, 0.2) is 0 Å². The summed E-state index contributed by atoms with van der Waals surface area (Å²) < 4.78 is 5.07. The maximum atomic E-state index is 11.7. The molecule has 1 aromatic heterocycles. The number of pyridine rings is 1. The fourth-order valence-electron chi connectivity index (χ4n) is 3.82. The van der Waals surface area contributed by atoms with E-state index in [0.717, 1.165) is 12.3 Å². The third-order valence-electron chi connectivity index (χ3n) is 5.35. The summed E-state index contributed by atoms with van der Waals surface area (Å²) in [6.45, 7) is 2.27. The van der Waals surface area contributed by atoms with Crippen molar-refractivity contribution in [2.24, 2.45) is 0 Å². The van der Waals surface area contributed by atoms with Crippen molar-refractivity contribution < 1.29 is 9.53 Å². The number of aromatic nitrogens is 1. The van der Waals surface area contributed by atoms with Gasteiger partial charge in [-0.15, -0.1) is 0 Å². The molecule has 0 aliphatic heterocycles. The van der Waals surface area contributed by atoms with E-state index in [-0.39, 0.29) is 5.97 Å². The van der Waals surface area contributed by atoms with Crippen LogP contribution in [0.5, 0.6) is 0 Å². The van der Waals surface area contributed by atoms with Crippen molar-refractivity contribution in [2.75, 3.05) is 6.61 Å². The fraction of sp³-hybridized carbons (Fsp3) is 0.333. The van der Waals surface area contributed by atoms with Gasteiger partial charge in [0.2, 0.25) is 0 Å². The lowest BCUT2D eigenvalue weighted by Crippen LogP contribution is -2.07. The van der Waals surface area contributed by atoms with Crippen LogP contribution in [0.15, 0.2) is 54.9 Å². The molecule has 0 amide bonds. The molecule has 0 N–H and O–H groups in total. The number of nitrogens with zero attached hydrogens (tertiary/aromatic N) is 1. The number of hydrogen-bond acceptors (Lipinski definition) is 3. The molecule has 138 valence electrons. The Hall–Kier alpha value is -2.68. The average molecular weight is 359 g/mol. The lowest BCUT2D eigenvalue weighted by Gasteiger charge is -2.13. The molecule has 27 heavy (non-hydrogen) atoms. The standard InChI is InChI=1S/C24H25NO2/c1-2-27-24(26)12-10-17-13-14-25-16-20(17)15-19-9-11-22(18-7-8-18)23-6-4-3-5-21(19)23/h3-6,9,11,13-14,16,18H,2,7-8,10,12,15H2,1H3. The number of esters is 1. The van der Waals surface area contributed by atoms with Gasteiger partial charge in [-0.1, -0.05) is 36.4 Å². The Balaban J connectivity index is 1.61. The number of carbonyl (C=O) groups is 1. The van der Waals surface area contributed by atoms with E-state index < -0.39 is 0 Å². The third kappa shape index (κ3) is 4.02. The molecule has 0 radical (unpaired) electrons. The third-order valence-corrected chi connectivity index (χ3v) is 5.35. The molecule has 1 aliphatic carbocycles. The van der Waals surface area contributed by atoms with Crippen molar-refractivity contribution in [1.82, 2.24) is 4.98 Å². The van der Waals surface area contributed by atoms with Crippen molar-refractivity contribution >= 4 is 16.7 Å². The Morgan fingerprint density at radius 1 is 1.04 bits per heavy atom. The summed E-state index contributed by atoms with van der Waals surface area (Å²) in [5.41, 5.74) is 5.17. The highest BCUT2D eigenvalue weighted by Gasteiger charge is 2.25. The summed E-state index contributed by atoms with van der Waals surface area (Å²) >= 11 is 0. The highest BCUT2D eigenvalue weighted by molar-refractivity contribution is 5.89. The molecule has 4 rings (SSSR count). The normalized spacial score (nSPS) is 13.7. The van der Waals surface area contributed by atoms with Crippen molar-refractivity contribution in [1.29, 1.82) is 0 Å². The zero-order valence-corrected chi connectivity index (χ0v) is 15.8. The van der Waals surface area contributed by atoms with Crippen LogP contribution in [0.4, 0.5) is 0 Å². The number of ether oxygens (including phenoxy) is 1. The van der Waals surface area contributed by atoms with Gasteiger partial charge in [-0.2, -0.15) is 0 Å². The minimum atomic E-state index is -0.139. The molecule has 0 unspecified atom stereocenters. The minimum Gasteiger partial charge on any atom is -0.466 e. The molecule has 3 heteroatoms. The van der Waals surface area contributed by atoms with Gasteiger partial charge >= 0.3 is 5.97 Å². The summed E-state index contributed by atoms with van der Waals surface area (Å²) in [4.78, 5) is 16.1. The molecule has 1 aliphatic rings. The second kappa shape index (κ2) is 7.91. The maximum Gasteiger partial charge on any atom is 0.306 e. The number of aryl methyl sites for hydroxylation is 1. The van der Waals surface area contributed by atoms with E-state index in [2.05, 4.69) is 41.4 Å². The monoisotopic (exact) mass is 359 g/mol. The van der Waals surface area contributed by atoms with Gasteiger partial charge in [-0.3, -0.25) is 9.78 Å². The van der Waals surface area contributed by atoms with E-state index in [1.807, 2.05) is 19.2 Å². The number of benzene rings is 2. The van der Waals surface area contributed by atoms with E-state index in [1.165, 1.54) is 45.9 Å². The SMILES string of the molecule is CCOC(=O)CCc1ccncc1Cc1ccc(C2CC2)c2ccccc12. The zero-order chi connectivity index (χ0) is 18.6. The zero-order valence-electron chi connectivity index (χ0n) is 15.8. The quantitative estimate of drug-likeness (QED) is 0.544. The van der Waals surface area contributed by atoms with Gasteiger partial charge in [0.05, 0.1) is 6.61 Å². The molecule has 1 fully saturated rings. The first-order chi connectivity index (χ1) is 13.3. The Labute approximate surface area is 160 Å². The molecule has 0 saturated heterocycles. The van der Waals surface area contributed by atoms with Crippen LogP contribution in [0.3, 0.4) is 0 Å². The molecular weight excluding hydrogens is 334 g/mol. The summed E-state index contributed by atoms with van der Waals surface area (Å²) in [5.74, 6) is 0.599.